The Hall–Kier alpha value is -0.850. The normalized spacial score (nSPS) is 11.2. The number of unbranched alkanes of at least 4 members (excludes halogenated alkanes) is 11. The minimum atomic E-state index is 1.19. The Kier molecular flexibility index (Phi) is 14.6. The zero-order valence-electron chi connectivity index (χ0n) is 18.2. The second kappa shape index (κ2) is 16.3. The summed E-state index contributed by atoms with van der Waals surface area (Å²) in [5.74, 6) is 0. The number of aryl methyl sites for hydroxylation is 3. The average Bonchev–Trinajstić information content (AvgIpc) is 2.66. The fourth-order valence-electron chi connectivity index (χ4n) is 3.79. The van der Waals surface area contributed by atoms with Crippen molar-refractivity contribution in [2.45, 2.75) is 130 Å². The molecule has 1 aromatic rings. The minimum absolute atomic E-state index is 1.19. The Morgan fingerprint density at radius 2 is 1.08 bits per heavy atom. The molecular formula is C25H46N+. The number of hydrogen-bond acceptors (Lipinski definition) is 0. The molecule has 0 radical (unpaired) electrons. The Bertz CT molecular complexity index is 438. The van der Waals surface area contributed by atoms with Crippen molar-refractivity contribution in [3.63, 3.8) is 0 Å². The van der Waals surface area contributed by atoms with Crippen molar-refractivity contribution in [1.29, 1.82) is 0 Å². The summed E-state index contributed by atoms with van der Waals surface area (Å²) >= 11 is 0. The largest absolute Gasteiger partial charge is 0.205 e. The van der Waals surface area contributed by atoms with Crippen LogP contribution in [0.25, 0.3) is 0 Å². The van der Waals surface area contributed by atoms with E-state index in [1.807, 2.05) is 0 Å². The minimum Gasteiger partial charge on any atom is -0.205 e. The molecule has 0 unspecified atom stereocenters. The molecule has 0 atom stereocenters. The van der Waals surface area contributed by atoms with Crippen molar-refractivity contribution in [3.05, 3.63) is 29.6 Å². The van der Waals surface area contributed by atoms with E-state index in [4.69, 9.17) is 0 Å². The Labute approximate surface area is 164 Å². The van der Waals surface area contributed by atoms with Crippen LogP contribution in [0.2, 0.25) is 0 Å². The second-order valence-corrected chi connectivity index (χ2v) is 8.12. The molecule has 1 heterocycles. The van der Waals surface area contributed by atoms with Crippen molar-refractivity contribution in [3.8, 4) is 0 Å². The Balaban J connectivity index is 2.54. The monoisotopic (exact) mass is 360 g/mol. The molecule has 1 nitrogen and oxygen atoms in total. The summed E-state index contributed by atoms with van der Waals surface area (Å²) < 4.78 is 2.46. The van der Waals surface area contributed by atoms with Crippen LogP contribution in [-0.2, 0) is 19.4 Å². The number of nitrogens with zero attached hydrogens (tertiary/aromatic N) is 1. The van der Waals surface area contributed by atoms with Crippen LogP contribution in [0.5, 0.6) is 0 Å². The van der Waals surface area contributed by atoms with E-state index >= 15 is 0 Å². The summed E-state index contributed by atoms with van der Waals surface area (Å²) in [5.41, 5.74) is 3.26. The first kappa shape index (κ1) is 23.2. The first-order chi connectivity index (χ1) is 12.8. The SMILES string of the molecule is CCCCCCCc1cc[n+](CCCCCC)cc1CCCCCCC. The van der Waals surface area contributed by atoms with Gasteiger partial charge in [0, 0.05) is 18.1 Å². The molecule has 0 aliphatic rings. The molecule has 0 spiro atoms. The van der Waals surface area contributed by atoms with Gasteiger partial charge in [0.2, 0.25) is 0 Å². The summed E-state index contributed by atoms with van der Waals surface area (Å²) in [4.78, 5) is 0. The first-order valence-corrected chi connectivity index (χ1v) is 11.8. The summed E-state index contributed by atoms with van der Waals surface area (Å²) in [6, 6.07) is 2.43. The van der Waals surface area contributed by atoms with Crippen molar-refractivity contribution in [2.24, 2.45) is 0 Å². The average molecular weight is 361 g/mol. The Morgan fingerprint density at radius 3 is 1.65 bits per heavy atom. The molecule has 0 bridgehead atoms. The molecule has 0 saturated heterocycles. The lowest BCUT2D eigenvalue weighted by molar-refractivity contribution is -0.697. The van der Waals surface area contributed by atoms with Crippen molar-refractivity contribution in [2.75, 3.05) is 0 Å². The van der Waals surface area contributed by atoms with Crippen molar-refractivity contribution >= 4 is 0 Å². The molecule has 1 aromatic heterocycles. The standard InChI is InChI=1S/C25H46N/c1-4-7-10-13-15-18-24-20-22-26(21-17-12-9-6-3)23-25(24)19-16-14-11-8-5-2/h20,22-23H,4-19,21H2,1-3H3/q+1. The van der Waals surface area contributed by atoms with E-state index in [9.17, 15) is 0 Å². The highest BCUT2D eigenvalue weighted by Crippen LogP contribution is 2.16. The van der Waals surface area contributed by atoms with E-state index in [2.05, 4.69) is 43.8 Å². The molecule has 0 amide bonds. The van der Waals surface area contributed by atoms with Gasteiger partial charge in [0.25, 0.3) is 0 Å². The summed E-state index contributed by atoms with van der Waals surface area (Å²) in [6.07, 6.45) is 26.6. The summed E-state index contributed by atoms with van der Waals surface area (Å²) in [5, 5.41) is 0. The molecule has 26 heavy (non-hydrogen) atoms. The molecular weight excluding hydrogens is 314 g/mol. The van der Waals surface area contributed by atoms with E-state index in [-0.39, 0.29) is 0 Å². The maximum atomic E-state index is 2.48. The van der Waals surface area contributed by atoms with Crippen LogP contribution in [-0.4, -0.2) is 0 Å². The molecule has 0 saturated carbocycles. The van der Waals surface area contributed by atoms with Crippen molar-refractivity contribution in [1.82, 2.24) is 0 Å². The van der Waals surface area contributed by atoms with Gasteiger partial charge < -0.3 is 0 Å². The van der Waals surface area contributed by atoms with Gasteiger partial charge in [0.05, 0.1) is 0 Å². The van der Waals surface area contributed by atoms with Crippen LogP contribution in [0.15, 0.2) is 18.5 Å². The van der Waals surface area contributed by atoms with Crippen LogP contribution >= 0.6 is 0 Å². The van der Waals surface area contributed by atoms with E-state index in [1.165, 1.54) is 109 Å². The van der Waals surface area contributed by atoms with Crippen LogP contribution in [0, 0.1) is 0 Å². The van der Waals surface area contributed by atoms with E-state index in [1.54, 1.807) is 11.1 Å². The highest BCUT2D eigenvalue weighted by Gasteiger charge is 2.09. The van der Waals surface area contributed by atoms with E-state index in [0.29, 0.717) is 0 Å². The third-order valence-electron chi connectivity index (χ3n) is 5.57. The fourth-order valence-corrected chi connectivity index (χ4v) is 3.79. The summed E-state index contributed by atoms with van der Waals surface area (Å²) in [6.45, 7) is 8.08. The van der Waals surface area contributed by atoms with Gasteiger partial charge in [-0.25, -0.2) is 4.57 Å². The zero-order chi connectivity index (χ0) is 18.9. The van der Waals surface area contributed by atoms with Crippen LogP contribution in [0.3, 0.4) is 0 Å². The highest BCUT2D eigenvalue weighted by molar-refractivity contribution is 5.21. The molecule has 0 aliphatic heterocycles. The van der Waals surface area contributed by atoms with Gasteiger partial charge in [0.15, 0.2) is 12.4 Å². The van der Waals surface area contributed by atoms with E-state index < -0.39 is 0 Å². The lowest BCUT2D eigenvalue weighted by atomic mass is 9.98. The van der Waals surface area contributed by atoms with Gasteiger partial charge in [-0.2, -0.15) is 0 Å². The highest BCUT2D eigenvalue weighted by atomic mass is 14.9. The molecule has 1 rings (SSSR count). The third kappa shape index (κ3) is 11.0. The topological polar surface area (TPSA) is 3.88 Å². The van der Waals surface area contributed by atoms with Crippen LogP contribution < -0.4 is 4.57 Å². The molecule has 150 valence electrons. The van der Waals surface area contributed by atoms with Gasteiger partial charge in [-0.05, 0) is 37.7 Å². The Morgan fingerprint density at radius 1 is 0.577 bits per heavy atom. The first-order valence-electron chi connectivity index (χ1n) is 11.8. The van der Waals surface area contributed by atoms with Gasteiger partial charge in [-0.3, -0.25) is 0 Å². The zero-order valence-corrected chi connectivity index (χ0v) is 18.2. The van der Waals surface area contributed by atoms with Gasteiger partial charge >= 0.3 is 0 Å². The predicted octanol–water partition coefficient (Wildman–Crippen LogP) is 7.58. The quantitative estimate of drug-likeness (QED) is 0.199. The maximum Gasteiger partial charge on any atom is 0.172 e. The number of pyridine rings is 1. The maximum absolute atomic E-state index is 2.48. The lowest BCUT2D eigenvalue weighted by Gasteiger charge is -2.09. The van der Waals surface area contributed by atoms with Crippen LogP contribution in [0.1, 0.15) is 122 Å². The van der Waals surface area contributed by atoms with Gasteiger partial charge in [0.1, 0.15) is 6.54 Å². The van der Waals surface area contributed by atoms with E-state index in [0.717, 1.165) is 0 Å². The number of rotatable bonds is 17. The number of hydrogen-bond donors (Lipinski definition) is 0. The molecule has 0 fully saturated rings. The van der Waals surface area contributed by atoms with Crippen LogP contribution in [0.4, 0.5) is 0 Å². The van der Waals surface area contributed by atoms with Gasteiger partial charge in [-0.1, -0.05) is 85.0 Å². The van der Waals surface area contributed by atoms with Crippen molar-refractivity contribution < 1.29 is 4.57 Å². The smallest absolute Gasteiger partial charge is 0.172 e. The fraction of sp³-hybridized carbons (Fsp3) is 0.800. The second-order valence-electron chi connectivity index (χ2n) is 8.12. The predicted molar refractivity (Wildman–Crippen MR) is 116 cm³/mol. The third-order valence-corrected chi connectivity index (χ3v) is 5.57. The molecule has 0 N–H and O–H groups in total. The molecule has 0 aromatic carbocycles. The molecule has 0 aliphatic carbocycles. The summed E-state index contributed by atoms with van der Waals surface area (Å²) in [7, 11) is 0. The number of aromatic nitrogens is 1. The van der Waals surface area contributed by atoms with Gasteiger partial charge in [-0.15, -0.1) is 0 Å². The lowest BCUT2D eigenvalue weighted by Crippen LogP contribution is -2.33. The molecule has 1 heteroatoms.